The molecular weight excluding hydrogens is 662 g/mol. The van der Waals surface area contributed by atoms with Crippen molar-refractivity contribution in [3.05, 3.63) is 44.9 Å². The highest BCUT2D eigenvalue weighted by Crippen LogP contribution is 2.36. The second kappa shape index (κ2) is 18.2. The molecule has 278 valence electrons. The van der Waals surface area contributed by atoms with Gasteiger partial charge < -0.3 is 50.3 Å². The van der Waals surface area contributed by atoms with E-state index in [1.165, 1.54) is 7.11 Å². The van der Waals surface area contributed by atoms with Gasteiger partial charge in [-0.05, 0) is 31.8 Å². The Bertz CT molecular complexity index is 1490. The van der Waals surface area contributed by atoms with Gasteiger partial charge in [0.2, 0.25) is 18.1 Å². The van der Waals surface area contributed by atoms with Crippen LogP contribution in [0.5, 0.6) is 0 Å². The Balaban J connectivity index is 1.54. The summed E-state index contributed by atoms with van der Waals surface area (Å²) < 4.78 is 29.7. The van der Waals surface area contributed by atoms with Gasteiger partial charge in [0.25, 0.3) is 11.5 Å². The number of aliphatic hydroxyl groups excluding tert-OH is 2. The molecule has 18 heteroatoms. The van der Waals surface area contributed by atoms with Gasteiger partial charge in [-0.2, -0.15) is 0 Å². The van der Waals surface area contributed by atoms with Crippen molar-refractivity contribution in [3.8, 4) is 0 Å². The summed E-state index contributed by atoms with van der Waals surface area (Å²) >= 11 is 0. The van der Waals surface area contributed by atoms with Crippen LogP contribution in [-0.2, 0) is 42.9 Å². The van der Waals surface area contributed by atoms with E-state index in [1.54, 1.807) is 0 Å². The van der Waals surface area contributed by atoms with Crippen molar-refractivity contribution in [2.24, 2.45) is 5.73 Å². The molecule has 7 N–H and O–H groups in total. The van der Waals surface area contributed by atoms with Crippen molar-refractivity contribution in [1.29, 1.82) is 0 Å². The molecule has 1 aromatic rings. The van der Waals surface area contributed by atoms with Crippen molar-refractivity contribution in [3.63, 3.8) is 0 Å². The molecule has 0 saturated carbocycles. The van der Waals surface area contributed by atoms with Crippen molar-refractivity contribution in [1.82, 2.24) is 20.2 Å². The molecule has 0 unspecified atom stereocenters. The van der Waals surface area contributed by atoms with Gasteiger partial charge >= 0.3 is 11.7 Å². The smallest absolute Gasteiger partial charge is 0.330 e. The second-order valence-electron chi connectivity index (χ2n) is 12.5. The summed E-state index contributed by atoms with van der Waals surface area (Å²) in [7, 11) is 1.23. The van der Waals surface area contributed by atoms with Crippen molar-refractivity contribution < 1.29 is 53.1 Å². The fourth-order valence-corrected chi connectivity index (χ4v) is 6.06. The lowest BCUT2D eigenvalue weighted by Crippen LogP contribution is -2.54. The van der Waals surface area contributed by atoms with Crippen LogP contribution in [0.1, 0.15) is 77.4 Å². The largest absolute Gasteiger partial charge is 0.456 e. The Morgan fingerprint density at radius 1 is 1.10 bits per heavy atom. The molecule has 3 aliphatic heterocycles. The lowest BCUT2D eigenvalue weighted by Gasteiger charge is -2.35. The third-order valence-corrected chi connectivity index (χ3v) is 8.74. The number of hydrogen-bond acceptors (Lipinski definition) is 13. The number of carbonyl (C=O) groups excluding carboxylic acids is 4. The number of aliphatic hydroxyl groups is 2. The van der Waals surface area contributed by atoms with Crippen LogP contribution in [0.15, 0.2) is 33.7 Å². The van der Waals surface area contributed by atoms with Gasteiger partial charge in [-0.3, -0.25) is 33.5 Å². The van der Waals surface area contributed by atoms with Gasteiger partial charge in [0.1, 0.15) is 30.5 Å². The number of ether oxygens (including phenoxy) is 5. The van der Waals surface area contributed by atoms with E-state index in [-0.39, 0.29) is 6.42 Å². The molecule has 1 aromatic heterocycles. The van der Waals surface area contributed by atoms with Crippen LogP contribution in [0, 0.1) is 0 Å². The number of H-pyrrole nitrogens is 1. The van der Waals surface area contributed by atoms with E-state index in [4.69, 9.17) is 29.4 Å². The summed E-state index contributed by atoms with van der Waals surface area (Å²) in [5, 5.41) is 26.5. The highest BCUT2D eigenvalue weighted by atomic mass is 16.7. The number of aromatic amines is 1. The van der Waals surface area contributed by atoms with E-state index in [9.17, 15) is 39.0 Å². The fourth-order valence-electron chi connectivity index (χ4n) is 6.06. The summed E-state index contributed by atoms with van der Waals surface area (Å²) in [4.78, 5) is 78.0. The Labute approximate surface area is 287 Å². The highest BCUT2D eigenvalue weighted by molar-refractivity contribution is 5.95. The SMILES string of the molecule is CCCCCCCCC(=O)O[C@@H]1[C@H](OC)[C@@H]([C@@H](O[C@H]2OC(C(=O)N[C@H]3CCCCNC3=O)=C[C@H](O)[C@@H]2O)C(N)=O)O[C@H]1n1ccc(=O)[nH]c1=O. The summed E-state index contributed by atoms with van der Waals surface area (Å²) in [5.74, 6) is -3.57. The number of amides is 3. The summed E-state index contributed by atoms with van der Waals surface area (Å²) in [5.41, 5.74) is 4.10. The van der Waals surface area contributed by atoms with Gasteiger partial charge in [0, 0.05) is 32.3 Å². The fraction of sp³-hybridized carbons (Fsp3) is 0.688. The molecule has 2 saturated heterocycles. The van der Waals surface area contributed by atoms with Crippen molar-refractivity contribution in [2.75, 3.05) is 13.7 Å². The molecule has 50 heavy (non-hydrogen) atoms. The number of rotatable bonds is 16. The number of esters is 1. The molecule has 0 bridgehead atoms. The van der Waals surface area contributed by atoms with E-state index in [1.807, 2.05) is 0 Å². The molecule has 3 aliphatic rings. The summed E-state index contributed by atoms with van der Waals surface area (Å²) in [6.07, 6.45) is -3.54. The standard InChI is InChI=1S/C32H47N5O13/c1-3-4-5-6-7-8-12-21(40)48-26-23(46-2)24(49-30(26)37-15-13-20(39)36-32(37)45)25(27(33)42)50-31-22(41)18(38)16-19(47-31)29(44)35-17-11-9-10-14-34-28(17)43/h13,15-18,22-26,30-31,38,41H,3-12,14H2,1-2H3,(H2,33,42)(H,34,43)(H,35,44)(H,36,39,45)/t17-,18-,22-,23+,24-,25+,26+,30+,31+/m0/s1. The lowest BCUT2D eigenvalue weighted by atomic mass is 10.0. The lowest BCUT2D eigenvalue weighted by molar-refractivity contribution is -0.241. The minimum Gasteiger partial charge on any atom is -0.456 e. The number of aromatic nitrogens is 2. The molecule has 2 fully saturated rings. The first kappa shape index (κ1) is 38.7. The molecule has 0 aromatic carbocycles. The van der Waals surface area contributed by atoms with E-state index < -0.39 is 95.9 Å². The van der Waals surface area contributed by atoms with E-state index in [0.29, 0.717) is 25.8 Å². The molecule has 0 radical (unpaired) electrons. The van der Waals surface area contributed by atoms with E-state index in [0.717, 1.165) is 61.4 Å². The summed E-state index contributed by atoms with van der Waals surface area (Å²) in [6.45, 7) is 2.56. The Morgan fingerprint density at radius 2 is 1.84 bits per heavy atom. The zero-order valence-electron chi connectivity index (χ0n) is 28.1. The monoisotopic (exact) mass is 709 g/mol. The van der Waals surface area contributed by atoms with Crippen LogP contribution in [0.3, 0.4) is 0 Å². The average molecular weight is 710 g/mol. The Kier molecular flexibility index (Phi) is 14.1. The van der Waals surface area contributed by atoms with Crippen LogP contribution < -0.4 is 27.6 Å². The zero-order chi connectivity index (χ0) is 36.4. The molecule has 3 amide bonds. The quantitative estimate of drug-likeness (QED) is 0.0865. The molecule has 4 heterocycles. The van der Waals surface area contributed by atoms with Crippen LogP contribution in [-0.4, -0.2) is 106 Å². The Morgan fingerprint density at radius 3 is 2.54 bits per heavy atom. The topological polar surface area (TPSA) is 260 Å². The van der Waals surface area contributed by atoms with Crippen molar-refractivity contribution in [2.45, 2.75) is 126 Å². The highest BCUT2D eigenvalue weighted by Gasteiger charge is 2.54. The third kappa shape index (κ3) is 9.78. The summed E-state index contributed by atoms with van der Waals surface area (Å²) in [6, 6.07) is 0.169. The van der Waals surface area contributed by atoms with Gasteiger partial charge in [0.15, 0.2) is 24.2 Å². The van der Waals surface area contributed by atoms with E-state index >= 15 is 0 Å². The van der Waals surface area contributed by atoms with Crippen LogP contribution in [0.4, 0.5) is 0 Å². The van der Waals surface area contributed by atoms with Gasteiger partial charge in [0.05, 0.1) is 0 Å². The second-order valence-corrected chi connectivity index (χ2v) is 12.5. The van der Waals surface area contributed by atoms with Crippen LogP contribution in [0.25, 0.3) is 0 Å². The van der Waals surface area contributed by atoms with Gasteiger partial charge in [-0.1, -0.05) is 39.0 Å². The number of nitrogens with zero attached hydrogens (tertiary/aromatic N) is 1. The number of methoxy groups -OCH3 is 1. The molecule has 4 rings (SSSR count). The molecule has 9 atom stereocenters. The number of primary amides is 1. The molecule has 0 spiro atoms. The Hall–Kier alpha value is -4.10. The van der Waals surface area contributed by atoms with Gasteiger partial charge in [-0.25, -0.2) is 4.79 Å². The molecule has 18 nitrogen and oxygen atoms in total. The predicted molar refractivity (Wildman–Crippen MR) is 172 cm³/mol. The van der Waals surface area contributed by atoms with Gasteiger partial charge in [-0.15, -0.1) is 0 Å². The normalized spacial score (nSPS) is 28.8. The molecular formula is C32H47N5O13. The average Bonchev–Trinajstić information content (AvgIpc) is 3.29. The van der Waals surface area contributed by atoms with Crippen LogP contribution >= 0.6 is 0 Å². The third-order valence-electron chi connectivity index (χ3n) is 8.74. The maximum Gasteiger partial charge on any atom is 0.330 e. The first-order valence-corrected chi connectivity index (χ1v) is 16.9. The maximum atomic E-state index is 13.1. The van der Waals surface area contributed by atoms with Crippen LogP contribution in [0.2, 0.25) is 0 Å². The number of carbonyl (C=O) groups is 4. The van der Waals surface area contributed by atoms with E-state index in [2.05, 4.69) is 22.5 Å². The number of nitrogens with two attached hydrogens (primary N) is 1. The number of nitrogens with one attached hydrogen (secondary N) is 3. The first-order valence-electron chi connectivity index (χ1n) is 16.9. The molecule has 0 aliphatic carbocycles. The predicted octanol–water partition coefficient (Wildman–Crippen LogP) is -1.27. The van der Waals surface area contributed by atoms with Crippen molar-refractivity contribution >= 4 is 23.7 Å². The maximum absolute atomic E-state index is 13.1. The number of unbranched alkanes of at least 4 members (excludes halogenated alkanes) is 5. The zero-order valence-corrected chi connectivity index (χ0v) is 28.1. The minimum atomic E-state index is -1.87. The number of hydrogen-bond donors (Lipinski definition) is 6. The minimum absolute atomic E-state index is 0.0480. The first-order chi connectivity index (χ1) is 23.9.